The summed E-state index contributed by atoms with van der Waals surface area (Å²) in [7, 11) is 2.92. The van der Waals surface area contributed by atoms with Gasteiger partial charge in [-0.25, -0.2) is 4.79 Å². The molecule has 0 saturated carbocycles. The fourth-order valence-corrected chi connectivity index (χ4v) is 2.05. The van der Waals surface area contributed by atoms with E-state index in [1.165, 1.54) is 12.1 Å². The lowest BCUT2D eigenvalue weighted by Gasteiger charge is -2.26. The van der Waals surface area contributed by atoms with E-state index in [1.54, 1.807) is 30.3 Å². The average Bonchev–Trinajstić information content (AvgIpc) is 2.77. The van der Waals surface area contributed by atoms with Crippen LogP contribution in [-0.4, -0.2) is 42.7 Å². The predicted molar refractivity (Wildman–Crippen MR) is 68.2 cm³/mol. The van der Waals surface area contributed by atoms with Gasteiger partial charge in [-0.15, -0.1) is 0 Å². The zero-order valence-corrected chi connectivity index (χ0v) is 10.9. The monoisotopic (exact) mass is 264 g/mol. The van der Waals surface area contributed by atoms with Crippen LogP contribution >= 0.6 is 0 Å². The van der Waals surface area contributed by atoms with E-state index in [4.69, 9.17) is 0 Å². The first-order valence-corrected chi connectivity index (χ1v) is 5.94. The summed E-state index contributed by atoms with van der Waals surface area (Å²) >= 11 is 0. The van der Waals surface area contributed by atoms with Gasteiger partial charge in [-0.3, -0.25) is 14.8 Å². The van der Waals surface area contributed by atoms with Crippen LogP contribution < -0.4 is 5.01 Å². The summed E-state index contributed by atoms with van der Waals surface area (Å²) in [4.78, 5) is 22.8. The number of carbonyl (C=O) groups is 2. The second kappa shape index (κ2) is 5.27. The number of hydrazine groups is 1. The van der Waals surface area contributed by atoms with Crippen LogP contribution in [-0.2, 0) is 14.3 Å². The summed E-state index contributed by atoms with van der Waals surface area (Å²) in [5.74, 6) is -0.665. The van der Waals surface area contributed by atoms with Crippen molar-refractivity contribution in [2.45, 2.75) is 12.5 Å². The van der Waals surface area contributed by atoms with Gasteiger partial charge in [0, 0.05) is 20.0 Å². The number of hydrogen-bond donors (Lipinski definition) is 1. The van der Waals surface area contributed by atoms with Crippen molar-refractivity contribution in [3.63, 3.8) is 0 Å². The smallest absolute Gasteiger partial charge is 0.339 e. The highest BCUT2D eigenvalue weighted by atomic mass is 16.5. The van der Waals surface area contributed by atoms with Crippen LogP contribution in [0.1, 0.15) is 18.1 Å². The Morgan fingerprint density at radius 3 is 2.79 bits per heavy atom. The van der Waals surface area contributed by atoms with E-state index < -0.39 is 12.1 Å². The first-order chi connectivity index (χ1) is 9.04. The second-order valence-corrected chi connectivity index (χ2v) is 4.31. The van der Waals surface area contributed by atoms with E-state index >= 15 is 0 Å². The lowest BCUT2D eigenvalue weighted by atomic mass is 10.1. The third-order valence-corrected chi connectivity index (χ3v) is 3.17. The fraction of sp³-hybridized carbons (Fsp3) is 0.385. The van der Waals surface area contributed by atoms with Gasteiger partial charge in [0.05, 0.1) is 12.8 Å². The summed E-state index contributed by atoms with van der Waals surface area (Å²) < 4.78 is 4.50. The molecule has 102 valence electrons. The van der Waals surface area contributed by atoms with Crippen LogP contribution in [0.5, 0.6) is 0 Å². The zero-order chi connectivity index (χ0) is 14.0. The highest BCUT2D eigenvalue weighted by molar-refractivity contribution is 5.82. The molecule has 0 spiro atoms. The van der Waals surface area contributed by atoms with Crippen LogP contribution in [0.25, 0.3) is 0 Å². The van der Waals surface area contributed by atoms with Gasteiger partial charge in [-0.05, 0) is 17.7 Å². The Hall–Kier alpha value is -2.08. The molecule has 0 aromatic heterocycles. The standard InChI is InChI=1S/C13H16N2O4/c1-14-11(16)6-7-15(14)10-5-3-4-9(8-10)12(17)13(18)19-2/h3-5,8,12,17H,6-7H2,1-2H3. The molecule has 1 unspecified atom stereocenters. The molecule has 1 aromatic rings. The topological polar surface area (TPSA) is 70.1 Å². The minimum atomic E-state index is -1.31. The summed E-state index contributed by atoms with van der Waals surface area (Å²) in [6.07, 6.45) is -0.853. The molecular weight excluding hydrogens is 248 g/mol. The number of benzene rings is 1. The number of aliphatic hydroxyl groups is 1. The molecule has 0 bridgehead atoms. The molecule has 1 aliphatic heterocycles. The number of esters is 1. The largest absolute Gasteiger partial charge is 0.467 e. The van der Waals surface area contributed by atoms with Crippen molar-refractivity contribution in [3.05, 3.63) is 29.8 Å². The van der Waals surface area contributed by atoms with Gasteiger partial charge in [0.15, 0.2) is 6.10 Å². The van der Waals surface area contributed by atoms with Gasteiger partial charge in [0.25, 0.3) is 0 Å². The Kier molecular flexibility index (Phi) is 3.71. The minimum Gasteiger partial charge on any atom is -0.467 e. The van der Waals surface area contributed by atoms with Crippen molar-refractivity contribution in [3.8, 4) is 0 Å². The van der Waals surface area contributed by atoms with Crippen LogP contribution in [0.2, 0.25) is 0 Å². The molecule has 1 aromatic carbocycles. The number of hydrogen-bond acceptors (Lipinski definition) is 5. The molecule has 19 heavy (non-hydrogen) atoms. The second-order valence-electron chi connectivity index (χ2n) is 4.31. The predicted octanol–water partition coefficient (Wildman–Crippen LogP) is 0.476. The van der Waals surface area contributed by atoms with Crippen LogP contribution in [0.4, 0.5) is 5.69 Å². The SMILES string of the molecule is COC(=O)C(O)c1cccc(N2CCC(=O)N2C)c1. The van der Waals surface area contributed by atoms with Gasteiger partial charge in [-0.1, -0.05) is 12.1 Å². The molecule has 1 aliphatic rings. The molecular formula is C13H16N2O4. The van der Waals surface area contributed by atoms with Crippen LogP contribution in [0.3, 0.4) is 0 Å². The van der Waals surface area contributed by atoms with Crippen molar-refractivity contribution >= 4 is 17.6 Å². The normalized spacial score (nSPS) is 16.7. The Labute approximate surface area is 111 Å². The summed E-state index contributed by atoms with van der Waals surface area (Å²) in [5.41, 5.74) is 1.20. The first kappa shape index (κ1) is 13.4. The fourth-order valence-electron chi connectivity index (χ4n) is 2.05. The summed E-state index contributed by atoms with van der Waals surface area (Å²) in [6, 6.07) is 6.87. The minimum absolute atomic E-state index is 0.0407. The highest BCUT2D eigenvalue weighted by Gasteiger charge is 2.26. The number of carbonyl (C=O) groups excluding carboxylic acids is 2. The number of rotatable bonds is 3. The molecule has 1 atom stereocenters. The number of methoxy groups -OCH3 is 1. The lowest BCUT2D eigenvalue weighted by Crippen LogP contribution is -2.35. The maximum absolute atomic E-state index is 11.5. The van der Waals surface area contributed by atoms with E-state index in [2.05, 4.69) is 4.74 Å². The summed E-state index contributed by atoms with van der Waals surface area (Å²) in [6.45, 7) is 0.590. The molecule has 2 rings (SSSR count). The van der Waals surface area contributed by atoms with Gasteiger partial charge in [0.2, 0.25) is 5.91 Å². The third-order valence-electron chi connectivity index (χ3n) is 3.17. The number of ether oxygens (including phenoxy) is 1. The average molecular weight is 264 g/mol. The molecule has 0 aliphatic carbocycles. The van der Waals surface area contributed by atoms with Crippen LogP contribution in [0, 0.1) is 0 Å². The van der Waals surface area contributed by atoms with Crippen molar-refractivity contribution in [2.75, 3.05) is 25.7 Å². The van der Waals surface area contributed by atoms with Crippen LogP contribution in [0.15, 0.2) is 24.3 Å². The Bertz CT molecular complexity index is 503. The lowest BCUT2D eigenvalue weighted by molar-refractivity contribution is -0.150. The number of aliphatic hydroxyl groups excluding tert-OH is 1. The van der Waals surface area contributed by atoms with E-state index in [1.807, 2.05) is 6.07 Å². The highest BCUT2D eigenvalue weighted by Crippen LogP contribution is 2.25. The van der Waals surface area contributed by atoms with Crippen molar-refractivity contribution in [2.24, 2.45) is 0 Å². The van der Waals surface area contributed by atoms with Gasteiger partial charge in [-0.2, -0.15) is 0 Å². The van der Waals surface area contributed by atoms with E-state index in [0.29, 0.717) is 18.5 Å². The molecule has 1 saturated heterocycles. The quantitative estimate of drug-likeness (QED) is 0.804. The molecule has 1 fully saturated rings. The zero-order valence-electron chi connectivity index (χ0n) is 10.9. The third kappa shape index (κ3) is 2.53. The van der Waals surface area contributed by atoms with Gasteiger partial charge < -0.3 is 9.84 Å². The molecule has 6 heteroatoms. The molecule has 1 heterocycles. The van der Waals surface area contributed by atoms with E-state index in [0.717, 1.165) is 5.69 Å². The molecule has 1 amide bonds. The van der Waals surface area contributed by atoms with E-state index in [9.17, 15) is 14.7 Å². The Morgan fingerprint density at radius 2 is 2.21 bits per heavy atom. The maximum Gasteiger partial charge on any atom is 0.339 e. The Balaban J connectivity index is 2.25. The van der Waals surface area contributed by atoms with Crippen molar-refractivity contribution in [1.29, 1.82) is 0 Å². The van der Waals surface area contributed by atoms with Crippen molar-refractivity contribution < 1.29 is 19.4 Å². The van der Waals surface area contributed by atoms with Gasteiger partial charge in [0.1, 0.15) is 0 Å². The maximum atomic E-state index is 11.5. The van der Waals surface area contributed by atoms with E-state index in [-0.39, 0.29) is 5.91 Å². The summed E-state index contributed by atoms with van der Waals surface area (Å²) in [5, 5.41) is 13.1. The molecule has 1 N–H and O–H groups in total. The molecule has 0 radical (unpaired) electrons. The number of nitrogens with zero attached hydrogens (tertiary/aromatic N) is 2. The Morgan fingerprint density at radius 1 is 1.47 bits per heavy atom. The van der Waals surface area contributed by atoms with Crippen molar-refractivity contribution in [1.82, 2.24) is 5.01 Å². The van der Waals surface area contributed by atoms with Gasteiger partial charge >= 0.3 is 5.97 Å². The number of amides is 1. The molecule has 6 nitrogen and oxygen atoms in total. The first-order valence-electron chi connectivity index (χ1n) is 5.94. The number of anilines is 1.